The average Bonchev–Trinajstić information content (AvgIpc) is 2.90. The second-order valence-corrected chi connectivity index (χ2v) is 5.46. The third-order valence-corrected chi connectivity index (χ3v) is 3.82. The molecule has 2 heterocycles. The molecule has 1 saturated heterocycles. The molecule has 0 aliphatic carbocycles. The Morgan fingerprint density at radius 3 is 2.59 bits per heavy atom. The number of aromatic nitrogens is 2. The Balaban J connectivity index is 0.00000176. The van der Waals surface area contributed by atoms with Crippen LogP contribution in [0.4, 0.5) is 8.78 Å². The zero-order valence-electron chi connectivity index (χ0n) is 12.1. The van der Waals surface area contributed by atoms with Gasteiger partial charge in [-0.05, 0) is 31.0 Å². The summed E-state index contributed by atoms with van der Waals surface area (Å²) in [5.41, 5.74) is 7.00. The van der Waals surface area contributed by atoms with Crippen molar-refractivity contribution in [3.8, 4) is 5.69 Å². The molecule has 0 unspecified atom stereocenters. The molecule has 0 atom stereocenters. The van der Waals surface area contributed by atoms with Crippen LogP contribution in [0, 0.1) is 11.6 Å². The molecular formula is C15H19ClF2N4. The SMILES string of the molecule is Cl.NC1CCN(Cc2ccn(-c3ccc(F)cc3F)n2)CC1. The second-order valence-electron chi connectivity index (χ2n) is 5.46. The van der Waals surface area contributed by atoms with Gasteiger partial charge in [0.05, 0.1) is 5.69 Å². The average molecular weight is 329 g/mol. The van der Waals surface area contributed by atoms with Gasteiger partial charge in [-0.15, -0.1) is 12.4 Å². The lowest BCUT2D eigenvalue weighted by Crippen LogP contribution is -2.39. The van der Waals surface area contributed by atoms with Gasteiger partial charge in [0.2, 0.25) is 0 Å². The van der Waals surface area contributed by atoms with E-state index in [0.29, 0.717) is 6.04 Å². The van der Waals surface area contributed by atoms with Crippen LogP contribution in [0.3, 0.4) is 0 Å². The minimum absolute atomic E-state index is 0. The van der Waals surface area contributed by atoms with Gasteiger partial charge in [0.1, 0.15) is 11.5 Å². The van der Waals surface area contributed by atoms with E-state index in [1.807, 2.05) is 6.07 Å². The van der Waals surface area contributed by atoms with E-state index in [1.54, 1.807) is 6.20 Å². The number of nitrogens with zero attached hydrogens (tertiary/aromatic N) is 3. The molecule has 2 aromatic rings. The summed E-state index contributed by atoms with van der Waals surface area (Å²) in [6.45, 7) is 2.64. The standard InChI is InChI=1S/C15H18F2N4.ClH/c16-11-1-2-15(14(17)9-11)21-8-5-13(19-21)10-20-6-3-12(18)4-7-20;/h1-2,5,8-9,12H,3-4,6-7,10,18H2;1H. The van der Waals surface area contributed by atoms with E-state index in [1.165, 1.54) is 16.8 Å². The molecule has 0 bridgehead atoms. The van der Waals surface area contributed by atoms with Crippen molar-refractivity contribution in [2.75, 3.05) is 13.1 Å². The summed E-state index contributed by atoms with van der Waals surface area (Å²) in [6.07, 6.45) is 3.68. The number of piperidine rings is 1. The van der Waals surface area contributed by atoms with Crippen molar-refractivity contribution < 1.29 is 8.78 Å². The van der Waals surface area contributed by atoms with Crippen molar-refractivity contribution in [2.24, 2.45) is 5.73 Å². The highest BCUT2D eigenvalue weighted by Crippen LogP contribution is 2.16. The fraction of sp³-hybridized carbons (Fsp3) is 0.400. The van der Waals surface area contributed by atoms with Crippen LogP contribution in [0.25, 0.3) is 5.69 Å². The number of benzene rings is 1. The lowest BCUT2D eigenvalue weighted by molar-refractivity contribution is 0.203. The summed E-state index contributed by atoms with van der Waals surface area (Å²) >= 11 is 0. The van der Waals surface area contributed by atoms with Crippen LogP contribution in [0.15, 0.2) is 30.5 Å². The first-order valence-corrected chi connectivity index (χ1v) is 7.10. The van der Waals surface area contributed by atoms with Crippen LogP contribution in [0.2, 0.25) is 0 Å². The number of rotatable bonds is 3. The van der Waals surface area contributed by atoms with Crippen molar-refractivity contribution in [2.45, 2.75) is 25.4 Å². The lowest BCUT2D eigenvalue weighted by atomic mass is 10.1. The summed E-state index contributed by atoms with van der Waals surface area (Å²) in [6, 6.07) is 5.64. The number of hydrogen-bond acceptors (Lipinski definition) is 3. The normalized spacial score (nSPS) is 16.5. The molecule has 1 aliphatic heterocycles. The minimum Gasteiger partial charge on any atom is -0.328 e. The number of halogens is 3. The predicted octanol–water partition coefficient (Wildman–Crippen LogP) is 2.50. The van der Waals surface area contributed by atoms with Gasteiger partial charge in [-0.1, -0.05) is 0 Å². The molecule has 2 N–H and O–H groups in total. The molecule has 1 aromatic carbocycles. The number of nitrogens with two attached hydrogens (primary N) is 1. The second kappa shape index (κ2) is 7.17. The van der Waals surface area contributed by atoms with Gasteiger partial charge in [-0.2, -0.15) is 5.10 Å². The Bertz CT molecular complexity index is 624. The Hall–Kier alpha value is -1.50. The van der Waals surface area contributed by atoms with Gasteiger partial charge in [0.15, 0.2) is 5.82 Å². The van der Waals surface area contributed by atoms with Gasteiger partial charge in [-0.3, -0.25) is 4.90 Å². The molecule has 4 nitrogen and oxygen atoms in total. The minimum atomic E-state index is -0.617. The van der Waals surface area contributed by atoms with E-state index in [2.05, 4.69) is 10.00 Å². The first-order chi connectivity index (χ1) is 10.1. The maximum absolute atomic E-state index is 13.7. The molecule has 3 rings (SSSR count). The largest absolute Gasteiger partial charge is 0.328 e. The Labute approximate surface area is 134 Å². The van der Waals surface area contributed by atoms with E-state index in [4.69, 9.17) is 5.73 Å². The Kier molecular flexibility index (Phi) is 5.50. The maximum Gasteiger partial charge on any atom is 0.151 e. The van der Waals surface area contributed by atoms with Gasteiger partial charge in [0.25, 0.3) is 0 Å². The third-order valence-electron chi connectivity index (χ3n) is 3.82. The van der Waals surface area contributed by atoms with Crippen LogP contribution in [-0.2, 0) is 6.54 Å². The molecule has 0 amide bonds. The van der Waals surface area contributed by atoms with E-state index >= 15 is 0 Å². The summed E-state index contributed by atoms with van der Waals surface area (Å²) in [5.74, 6) is -1.21. The molecule has 1 fully saturated rings. The van der Waals surface area contributed by atoms with Gasteiger partial charge < -0.3 is 5.73 Å². The van der Waals surface area contributed by atoms with Crippen molar-refractivity contribution in [3.05, 3.63) is 47.8 Å². The number of likely N-dealkylation sites (tertiary alicyclic amines) is 1. The lowest BCUT2D eigenvalue weighted by Gasteiger charge is -2.29. The molecule has 0 saturated carbocycles. The van der Waals surface area contributed by atoms with Crippen molar-refractivity contribution in [1.29, 1.82) is 0 Å². The molecule has 22 heavy (non-hydrogen) atoms. The van der Waals surface area contributed by atoms with Gasteiger partial charge >= 0.3 is 0 Å². The summed E-state index contributed by atoms with van der Waals surface area (Å²) in [5, 5.41) is 4.37. The summed E-state index contributed by atoms with van der Waals surface area (Å²) in [7, 11) is 0. The molecular weight excluding hydrogens is 310 g/mol. The highest BCUT2D eigenvalue weighted by molar-refractivity contribution is 5.85. The van der Waals surface area contributed by atoms with E-state index in [-0.39, 0.29) is 18.1 Å². The highest BCUT2D eigenvalue weighted by atomic mass is 35.5. The van der Waals surface area contributed by atoms with Crippen LogP contribution >= 0.6 is 12.4 Å². The van der Waals surface area contributed by atoms with E-state index in [0.717, 1.165) is 44.2 Å². The molecule has 1 aliphatic rings. The maximum atomic E-state index is 13.7. The zero-order valence-corrected chi connectivity index (χ0v) is 12.9. The summed E-state index contributed by atoms with van der Waals surface area (Å²) < 4.78 is 28.1. The quantitative estimate of drug-likeness (QED) is 0.941. The van der Waals surface area contributed by atoms with Crippen molar-refractivity contribution >= 4 is 12.4 Å². The zero-order chi connectivity index (χ0) is 14.8. The molecule has 7 heteroatoms. The fourth-order valence-electron chi connectivity index (χ4n) is 2.59. The molecule has 0 radical (unpaired) electrons. The smallest absolute Gasteiger partial charge is 0.151 e. The topological polar surface area (TPSA) is 47.1 Å². The van der Waals surface area contributed by atoms with Gasteiger partial charge in [0, 0.05) is 37.9 Å². The van der Waals surface area contributed by atoms with Crippen molar-refractivity contribution in [1.82, 2.24) is 14.7 Å². The Morgan fingerprint density at radius 2 is 1.91 bits per heavy atom. The van der Waals surface area contributed by atoms with E-state index < -0.39 is 11.6 Å². The first kappa shape index (κ1) is 16.9. The molecule has 0 spiro atoms. The summed E-state index contributed by atoms with van der Waals surface area (Å²) in [4.78, 5) is 2.29. The highest BCUT2D eigenvalue weighted by Gasteiger charge is 2.17. The van der Waals surface area contributed by atoms with Crippen LogP contribution in [-0.4, -0.2) is 33.8 Å². The first-order valence-electron chi connectivity index (χ1n) is 7.10. The van der Waals surface area contributed by atoms with Gasteiger partial charge in [-0.25, -0.2) is 13.5 Å². The van der Waals surface area contributed by atoms with Crippen LogP contribution < -0.4 is 5.73 Å². The molecule has 1 aromatic heterocycles. The van der Waals surface area contributed by atoms with Crippen molar-refractivity contribution in [3.63, 3.8) is 0 Å². The van der Waals surface area contributed by atoms with E-state index in [9.17, 15) is 8.78 Å². The monoisotopic (exact) mass is 328 g/mol. The Morgan fingerprint density at radius 1 is 1.18 bits per heavy atom. The number of hydrogen-bond donors (Lipinski definition) is 1. The molecule has 120 valence electrons. The predicted molar refractivity (Wildman–Crippen MR) is 83.2 cm³/mol. The fourth-order valence-corrected chi connectivity index (χ4v) is 2.59. The third kappa shape index (κ3) is 3.82. The van der Waals surface area contributed by atoms with Crippen LogP contribution in [0.1, 0.15) is 18.5 Å². The van der Waals surface area contributed by atoms with Crippen LogP contribution in [0.5, 0.6) is 0 Å².